The van der Waals surface area contributed by atoms with E-state index in [2.05, 4.69) is 62.5 Å². The van der Waals surface area contributed by atoms with E-state index in [0.717, 1.165) is 6.42 Å². The Kier molecular flexibility index (Phi) is 4.26. The number of hydrogen-bond donors (Lipinski definition) is 1. The van der Waals surface area contributed by atoms with E-state index >= 15 is 0 Å². The summed E-state index contributed by atoms with van der Waals surface area (Å²) in [6.07, 6.45) is 5.13. The highest BCUT2D eigenvalue weighted by Gasteiger charge is 2.42. The van der Waals surface area contributed by atoms with Crippen LogP contribution in [0.1, 0.15) is 55.8 Å². The molecule has 0 fully saturated rings. The van der Waals surface area contributed by atoms with Gasteiger partial charge in [-0.15, -0.1) is 0 Å². The van der Waals surface area contributed by atoms with E-state index in [1.807, 2.05) is 0 Å². The Bertz CT molecular complexity index is 929. The van der Waals surface area contributed by atoms with Gasteiger partial charge in [0.2, 0.25) is 0 Å². The van der Waals surface area contributed by atoms with E-state index in [4.69, 9.17) is 11.6 Å². The lowest BCUT2D eigenvalue weighted by Gasteiger charge is -2.37. The number of hydrogen-bond acceptors (Lipinski definition) is 3. The molecule has 0 spiro atoms. The number of anilines is 1. The molecule has 2 aromatic rings. The van der Waals surface area contributed by atoms with Gasteiger partial charge in [0.1, 0.15) is 0 Å². The lowest BCUT2D eigenvalue weighted by atomic mass is 9.76. The molecule has 140 valence electrons. The van der Waals surface area contributed by atoms with Crippen LogP contribution in [0, 0.1) is 16.0 Å². The van der Waals surface area contributed by atoms with Crippen molar-refractivity contribution < 1.29 is 4.92 Å². The minimum Gasteiger partial charge on any atom is -0.376 e. The Labute approximate surface area is 164 Å². The van der Waals surface area contributed by atoms with Gasteiger partial charge in [-0.2, -0.15) is 0 Å². The summed E-state index contributed by atoms with van der Waals surface area (Å²) in [5, 5.41) is 15.6. The summed E-state index contributed by atoms with van der Waals surface area (Å²) in [6.45, 7) is 6.60. The van der Waals surface area contributed by atoms with Crippen LogP contribution >= 0.6 is 11.6 Å². The SMILES string of the molecule is CC(C)(C)c1ccc([C@@H]2Nc3c(Cl)ccc([N+](=O)[O-])c3[C@H]3C=CC[C@H]32)cc1. The van der Waals surface area contributed by atoms with E-state index in [9.17, 15) is 10.1 Å². The van der Waals surface area contributed by atoms with Crippen LogP contribution in [0.4, 0.5) is 11.4 Å². The number of allylic oxidation sites excluding steroid dienone is 2. The van der Waals surface area contributed by atoms with Crippen LogP contribution in [0.25, 0.3) is 0 Å². The normalized spacial score (nSPS) is 23.5. The molecule has 3 atom stereocenters. The van der Waals surface area contributed by atoms with E-state index in [1.165, 1.54) is 17.2 Å². The highest BCUT2D eigenvalue weighted by Crippen LogP contribution is 2.54. The van der Waals surface area contributed by atoms with Gasteiger partial charge in [0.15, 0.2) is 0 Å². The second-order valence-electron chi connectivity index (χ2n) is 8.46. The Morgan fingerprint density at radius 2 is 1.85 bits per heavy atom. The van der Waals surface area contributed by atoms with Gasteiger partial charge in [-0.1, -0.05) is 68.8 Å². The fraction of sp³-hybridized carbons (Fsp3) is 0.364. The largest absolute Gasteiger partial charge is 0.376 e. The van der Waals surface area contributed by atoms with E-state index in [0.29, 0.717) is 16.3 Å². The summed E-state index contributed by atoms with van der Waals surface area (Å²) in [4.78, 5) is 11.3. The molecule has 5 heteroatoms. The van der Waals surface area contributed by atoms with Gasteiger partial charge in [-0.25, -0.2) is 0 Å². The molecule has 0 radical (unpaired) electrons. The Hall–Kier alpha value is -2.33. The molecule has 0 amide bonds. The number of halogens is 1. The lowest BCUT2D eigenvalue weighted by molar-refractivity contribution is -0.385. The Balaban J connectivity index is 1.79. The zero-order valence-electron chi connectivity index (χ0n) is 15.7. The van der Waals surface area contributed by atoms with Crippen molar-refractivity contribution in [1.82, 2.24) is 0 Å². The standard InChI is InChI=1S/C22H23ClN2O2/c1-22(2,3)14-9-7-13(8-10-14)20-16-6-4-5-15(16)19-18(25(26)27)12-11-17(23)21(19)24-20/h4-5,7-12,15-16,20,24H,6H2,1-3H3/t15-,16+,20-/m0/s1. The zero-order valence-corrected chi connectivity index (χ0v) is 16.5. The molecule has 27 heavy (non-hydrogen) atoms. The summed E-state index contributed by atoms with van der Waals surface area (Å²) >= 11 is 6.44. The molecule has 0 unspecified atom stereocenters. The van der Waals surface area contributed by atoms with Crippen molar-refractivity contribution in [1.29, 1.82) is 0 Å². The molecule has 0 aromatic heterocycles. The first-order chi connectivity index (χ1) is 12.8. The summed E-state index contributed by atoms with van der Waals surface area (Å²) < 4.78 is 0. The molecule has 4 nitrogen and oxygen atoms in total. The first kappa shape index (κ1) is 18.1. The topological polar surface area (TPSA) is 55.2 Å². The van der Waals surface area contributed by atoms with Gasteiger partial charge >= 0.3 is 0 Å². The molecular formula is C22H23ClN2O2. The maximum absolute atomic E-state index is 11.6. The van der Waals surface area contributed by atoms with Crippen molar-refractivity contribution in [2.45, 2.75) is 44.6 Å². The molecule has 1 heterocycles. The first-order valence-corrected chi connectivity index (χ1v) is 9.65. The summed E-state index contributed by atoms with van der Waals surface area (Å²) in [5.41, 5.74) is 4.14. The minimum atomic E-state index is -0.307. The number of fused-ring (bicyclic) bond motifs is 3. The van der Waals surface area contributed by atoms with Gasteiger partial charge in [0.25, 0.3) is 5.69 Å². The van der Waals surface area contributed by atoms with Crippen molar-refractivity contribution in [3.8, 4) is 0 Å². The van der Waals surface area contributed by atoms with Crippen molar-refractivity contribution in [3.63, 3.8) is 0 Å². The quantitative estimate of drug-likeness (QED) is 0.373. The van der Waals surface area contributed by atoms with Crippen molar-refractivity contribution >= 4 is 23.0 Å². The Morgan fingerprint density at radius 3 is 2.48 bits per heavy atom. The van der Waals surface area contributed by atoms with Gasteiger partial charge in [-0.3, -0.25) is 10.1 Å². The monoisotopic (exact) mass is 382 g/mol. The van der Waals surface area contributed by atoms with Crippen molar-refractivity contribution in [3.05, 3.63) is 80.4 Å². The molecule has 4 rings (SSSR count). The molecule has 2 aromatic carbocycles. The van der Waals surface area contributed by atoms with Crippen LogP contribution in [-0.2, 0) is 5.41 Å². The van der Waals surface area contributed by atoms with Crippen LogP contribution < -0.4 is 5.32 Å². The average Bonchev–Trinajstić information content (AvgIpc) is 3.10. The fourth-order valence-corrected chi connectivity index (χ4v) is 4.55. The smallest absolute Gasteiger partial charge is 0.275 e. The van der Waals surface area contributed by atoms with Crippen molar-refractivity contribution in [2.24, 2.45) is 5.92 Å². The van der Waals surface area contributed by atoms with E-state index in [1.54, 1.807) is 6.07 Å². The lowest BCUT2D eigenvalue weighted by Crippen LogP contribution is -2.30. The number of nitrogens with one attached hydrogen (secondary N) is 1. The predicted octanol–water partition coefficient (Wildman–Crippen LogP) is 6.37. The minimum absolute atomic E-state index is 0.00708. The van der Waals surface area contributed by atoms with Crippen LogP contribution in [0.5, 0.6) is 0 Å². The first-order valence-electron chi connectivity index (χ1n) is 9.28. The number of nitrogens with zero attached hydrogens (tertiary/aromatic N) is 1. The molecule has 0 bridgehead atoms. The Morgan fingerprint density at radius 1 is 1.15 bits per heavy atom. The summed E-state index contributed by atoms with van der Waals surface area (Å²) in [7, 11) is 0. The zero-order chi connectivity index (χ0) is 19.3. The van der Waals surface area contributed by atoms with Crippen molar-refractivity contribution in [2.75, 3.05) is 5.32 Å². The number of benzene rings is 2. The second-order valence-corrected chi connectivity index (χ2v) is 8.87. The van der Waals surface area contributed by atoms with Gasteiger partial charge in [-0.05, 0) is 34.9 Å². The summed E-state index contributed by atoms with van der Waals surface area (Å²) in [5.74, 6) is 0.253. The molecule has 0 saturated heterocycles. The predicted molar refractivity (Wildman–Crippen MR) is 110 cm³/mol. The van der Waals surface area contributed by atoms with Crippen LogP contribution in [-0.4, -0.2) is 4.92 Å². The van der Waals surface area contributed by atoms with Gasteiger partial charge < -0.3 is 5.32 Å². The maximum atomic E-state index is 11.6. The van der Waals surface area contributed by atoms with Gasteiger partial charge in [0, 0.05) is 12.0 Å². The highest BCUT2D eigenvalue weighted by atomic mass is 35.5. The number of rotatable bonds is 2. The molecular weight excluding hydrogens is 360 g/mol. The molecule has 1 aliphatic heterocycles. The highest BCUT2D eigenvalue weighted by molar-refractivity contribution is 6.33. The van der Waals surface area contributed by atoms with Crippen LogP contribution in [0.2, 0.25) is 5.02 Å². The van der Waals surface area contributed by atoms with Crippen LogP contribution in [0.15, 0.2) is 48.6 Å². The average molecular weight is 383 g/mol. The van der Waals surface area contributed by atoms with Crippen LogP contribution in [0.3, 0.4) is 0 Å². The third kappa shape index (κ3) is 3.02. The molecule has 0 saturated carbocycles. The van der Waals surface area contributed by atoms with E-state index in [-0.39, 0.29) is 33.9 Å². The van der Waals surface area contributed by atoms with E-state index < -0.39 is 0 Å². The second kappa shape index (κ2) is 6.38. The number of nitro groups is 1. The third-order valence-corrected chi connectivity index (χ3v) is 6.09. The number of nitro benzene ring substituents is 1. The third-order valence-electron chi connectivity index (χ3n) is 5.78. The molecule has 2 aliphatic rings. The maximum Gasteiger partial charge on any atom is 0.275 e. The fourth-order valence-electron chi connectivity index (χ4n) is 4.33. The summed E-state index contributed by atoms with van der Waals surface area (Å²) in [6, 6.07) is 11.9. The molecule has 1 aliphatic carbocycles. The van der Waals surface area contributed by atoms with Gasteiger partial charge in [0.05, 0.1) is 27.2 Å². The molecule has 1 N–H and O–H groups in total.